The summed E-state index contributed by atoms with van der Waals surface area (Å²) in [4.78, 5) is 36.4. The molecule has 0 aromatic heterocycles. The van der Waals surface area contributed by atoms with E-state index in [1.54, 1.807) is 24.3 Å². The van der Waals surface area contributed by atoms with Crippen LogP contribution in [0.25, 0.3) is 0 Å². The highest BCUT2D eigenvalue weighted by atomic mass is 16.2. The summed E-state index contributed by atoms with van der Waals surface area (Å²) in [5.74, 6) is -0.715. The van der Waals surface area contributed by atoms with Crippen molar-refractivity contribution in [3.8, 4) is 0 Å². The van der Waals surface area contributed by atoms with Crippen molar-refractivity contribution in [1.29, 1.82) is 0 Å². The Balaban J connectivity index is 1.64. The predicted molar refractivity (Wildman–Crippen MR) is 79.1 cm³/mol. The lowest BCUT2D eigenvalue weighted by molar-refractivity contribution is -0.978. The molecule has 1 aromatic rings. The Morgan fingerprint density at radius 3 is 2.23 bits per heavy atom. The van der Waals surface area contributed by atoms with Crippen LogP contribution < -0.4 is 5.43 Å². The fourth-order valence-corrected chi connectivity index (χ4v) is 2.59. The van der Waals surface area contributed by atoms with Gasteiger partial charge in [-0.25, -0.2) is 4.59 Å². The molecule has 6 heteroatoms. The second kappa shape index (κ2) is 5.38. The van der Waals surface area contributed by atoms with Gasteiger partial charge in [0.25, 0.3) is 17.7 Å². The smallest absolute Gasteiger partial charge is 0.271 e. The largest absolute Gasteiger partial charge is 0.295 e. The minimum Gasteiger partial charge on any atom is -0.271 e. The number of rotatable bonds is 4. The Bertz CT molecular complexity index is 642. The molecule has 22 heavy (non-hydrogen) atoms. The zero-order chi connectivity index (χ0) is 15.7. The number of quaternary nitrogens is 1. The molecule has 3 rings (SSSR count). The molecule has 2 heterocycles. The van der Waals surface area contributed by atoms with Gasteiger partial charge in [-0.2, -0.15) is 5.43 Å². The third-order valence-electron chi connectivity index (χ3n) is 4.13. The summed E-state index contributed by atoms with van der Waals surface area (Å²) < 4.78 is 0.572. The van der Waals surface area contributed by atoms with Crippen LogP contribution in [-0.4, -0.2) is 47.4 Å². The van der Waals surface area contributed by atoms with Crippen molar-refractivity contribution in [2.75, 3.05) is 20.1 Å². The second-order valence-corrected chi connectivity index (χ2v) is 5.93. The van der Waals surface area contributed by atoms with Gasteiger partial charge in [0.2, 0.25) is 0 Å². The van der Waals surface area contributed by atoms with Crippen LogP contribution in [0.5, 0.6) is 0 Å². The summed E-state index contributed by atoms with van der Waals surface area (Å²) in [6, 6.07) is 6.97. The lowest BCUT2D eigenvalue weighted by Gasteiger charge is -2.40. The van der Waals surface area contributed by atoms with Gasteiger partial charge in [-0.05, 0) is 17.7 Å². The first-order chi connectivity index (χ1) is 10.5. The molecular formula is C16H18N3O3+. The van der Waals surface area contributed by atoms with E-state index in [0.29, 0.717) is 10.2 Å². The standard InChI is InChI=1S/C16H17N3O3/c1-19(9-2-10-19)17-16(22)13-5-3-12(4-6-13)11-18-14(20)7-8-15(18)21/h3-8H,2,9-11H2,1H3/p+1. The Labute approximate surface area is 128 Å². The number of hydrogen-bond donors (Lipinski definition) is 1. The van der Waals surface area contributed by atoms with Crippen LogP contribution in [0.1, 0.15) is 22.3 Å². The third-order valence-corrected chi connectivity index (χ3v) is 4.13. The van der Waals surface area contributed by atoms with E-state index in [-0.39, 0.29) is 24.3 Å². The molecule has 0 aliphatic carbocycles. The van der Waals surface area contributed by atoms with E-state index < -0.39 is 0 Å². The van der Waals surface area contributed by atoms with Crippen LogP contribution in [0.4, 0.5) is 0 Å². The molecular weight excluding hydrogens is 282 g/mol. The van der Waals surface area contributed by atoms with Crippen molar-refractivity contribution in [2.45, 2.75) is 13.0 Å². The van der Waals surface area contributed by atoms with E-state index >= 15 is 0 Å². The van der Waals surface area contributed by atoms with Crippen molar-refractivity contribution in [2.24, 2.45) is 0 Å². The number of likely N-dealkylation sites (tertiary alicyclic amines) is 1. The monoisotopic (exact) mass is 300 g/mol. The van der Waals surface area contributed by atoms with Crippen molar-refractivity contribution in [1.82, 2.24) is 10.3 Å². The number of carbonyl (C=O) groups is 3. The van der Waals surface area contributed by atoms with Crippen LogP contribution in [-0.2, 0) is 16.1 Å². The maximum Gasteiger partial charge on any atom is 0.295 e. The summed E-state index contributed by atoms with van der Waals surface area (Å²) >= 11 is 0. The van der Waals surface area contributed by atoms with Crippen molar-refractivity contribution in [3.63, 3.8) is 0 Å². The molecule has 0 saturated carbocycles. The van der Waals surface area contributed by atoms with Crippen LogP contribution in [0, 0.1) is 0 Å². The maximum atomic E-state index is 12.2. The van der Waals surface area contributed by atoms with Crippen LogP contribution in [0.3, 0.4) is 0 Å². The van der Waals surface area contributed by atoms with E-state index in [0.717, 1.165) is 25.1 Å². The minimum atomic E-state index is -0.304. The molecule has 2 aliphatic rings. The molecule has 6 nitrogen and oxygen atoms in total. The second-order valence-electron chi connectivity index (χ2n) is 5.93. The zero-order valence-electron chi connectivity index (χ0n) is 12.4. The maximum absolute atomic E-state index is 12.2. The lowest BCUT2D eigenvalue weighted by atomic mass is 10.1. The van der Waals surface area contributed by atoms with E-state index in [1.165, 1.54) is 17.1 Å². The van der Waals surface area contributed by atoms with Gasteiger partial charge in [0.1, 0.15) is 13.1 Å². The Morgan fingerprint density at radius 1 is 1.14 bits per heavy atom. The van der Waals surface area contributed by atoms with Gasteiger partial charge in [0.15, 0.2) is 0 Å². The van der Waals surface area contributed by atoms with Crippen LogP contribution in [0.15, 0.2) is 36.4 Å². The van der Waals surface area contributed by atoms with Crippen molar-refractivity contribution >= 4 is 17.7 Å². The number of benzene rings is 1. The topological polar surface area (TPSA) is 66.5 Å². The van der Waals surface area contributed by atoms with E-state index in [4.69, 9.17) is 0 Å². The minimum absolute atomic E-state index is 0.108. The Hall–Kier alpha value is -2.47. The van der Waals surface area contributed by atoms with Crippen LogP contribution >= 0.6 is 0 Å². The first-order valence-electron chi connectivity index (χ1n) is 7.26. The van der Waals surface area contributed by atoms with Gasteiger partial charge in [-0.3, -0.25) is 19.3 Å². The molecule has 2 aliphatic heterocycles. The van der Waals surface area contributed by atoms with Gasteiger partial charge in [0.05, 0.1) is 20.0 Å². The Kier molecular flexibility index (Phi) is 3.54. The highest BCUT2D eigenvalue weighted by molar-refractivity contribution is 6.12. The molecule has 1 saturated heterocycles. The number of imide groups is 1. The quantitative estimate of drug-likeness (QED) is 0.654. The molecule has 0 radical (unpaired) electrons. The highest BCUT2D eigenvalue weighted by Crippen LogP contribution is 2.15. The van der Waals surface area contributed by atoms with Gasteiger partial charge in [-0.1, -0.05) is 12.1 Å². The summed E-state index contributed by atoms with van der Waals surface area (Å²) in [5.41, 5.74) is 4.37. The van der Waals surface area contributed by atoms with Crippen LogP contribution in [0.2, 0.25) is 0 Å². The molecule has 3 amide bonds. The number of nitrogens with one attached hydrogen (secondary N) is 1. The van der Waals surface area contributed by atoms with Crippen molar-refractivity contribution < 1.29 is 19.0 Å². The summed E-state index contributed by atoms with van der Waals surface area (Å²) in [5, 5.41) is 0. The van der Waals surface area contributed by atoms with E-state index in [9.17, 15) is 14.4 Å². The fourth-order valence-electron chi connectivity index (χ4n) is 2.59. The Morgan fingerprint density at radius 2 is 1.73 bits per heavy atom. The highest BCUT2D eigenvalue weighted by Gasteiger charge is 2.33. The van der Waals surface area contributed by atoms with Gasteiger partial charge in [-0.15, -0.1) is 0 Å². The molecule has 0 bridgehead atoms. The molecule has 1 aromatic carbocycles. The molecule has 0 unspecified atom stereocenters. The van der Waals surface area contributed by atoms with Gasteiger partial charge >= 0.3 is 0 Å². The third kappa shape index (κ3) is 2.78. The SMILES string of the molecule is C[N+]1(NC(=O)c2ccc(CN3C(=O)C=CC3=O)cc2)CCC1. The molecule has 0 atom stereocenters. The first-order valence-corrected chi connectivity index (χ1v) is 7.26. The molecule has 114 valence electrons. The number of carbonyl (C=O) groups excluding carboxylic acids is 3. The average molecular weight is 300 g/mol. The fraction of sp³-hybridized carbons (Fsp3) is 0.312. The molecule has 1 N–H and O–H groups in total. The number of hydrogen-bond acceptors (Lipinski definition) is 3. The summed E-state index contributed by atoms with van der Waals surface area (Å²) in [6.45, 7) is 2.13. The molecule has 1 fully saturated rings. The normalized spacial score (nSPS) is 19.2. The summed E-state index contributed by atoms with van der Waals surface area (Å²) in [7, 11) is 1.99. The number of nitrogens with zero attached hydrogens (tertiary/aromatic N) is 2. The zero-order valence-corrected chi connectivity index (χ0v) is 12.4. The van der Waals surface area contributed by atoms with E-state index in [2.05, 4.69) is 5.43 Å². The average Bonchev–Trinajstić information content (AvgIpc) is 2.78. The first kappa shape index (κ1) is 14.5. The predicted octanol–water partition coefficient (Wildman–Crippen LogP) is 0.607. The van der Waals surface area contributed by atoms with Gasteiger partial charge < -0.3 is 0 Å². The lowest BCUT2D eigenvalue weighted by Crippen LogP contribution is -2.64. The van der Waals surface area contributed by atoms with Crippen molar-refractivity contribution in [3.05, 3.63) is 47.5 Å². The summed E-state index contributed by atoms with van der Waals surface area (Å²) in [6.07, 6.45) is 3.66. The number of amides is 3. The molecule has 0 spiro atoms. The van der Waals surface area contributed by atoms with Gasteiger partial charge in [0, 0.05) is 17.7 Å². The van der Waals surface area contributed by atoms with E-state index in [1.807, 2.05) is 7.05 Å².